The molecule has 1 saturated carbocycles. The lowest BCUT2D eigenvalue weighted by molar-refractivity contribution is -0.173. The normalized spacial score (nSPS) is 28.1. The number of aliphatic carboxylic acids is 1. The van der Waals surface area contributed by atoms with Gasteiger partial charge < -0.3 is 19.3 Å². The molecule has 0 bridgehead atoms. The molecule has 1 aromatic heterocycles. The number of hydrogen-bond donors (Lipinski definition) is 1. The van der Waals surface area contributed by atoms with E-state index in [9.17, 15) is 4.79 Å². The van der Waals surface area contributed by atoms with Crippen LogP contribution in [0.1, 0.15) is 39.7 Å². The van der Waals surface area contributed by atoms with Gasteiger partial charge in [0.25, 0.3) is 0 Å². The lowest BCUT2D eigenvalue weighted by atomic mass is 10.2. The first-order valence-corrected chi connectivity index (χ1v) is 11.0. The van der Waals surface area contributed by atoms with E-state index < -0.39 is 17.9 Å². The largest absolute Gasteiger partial charge is 0.480 e. The molecular formula is C19H24ClN3O5S. The zero-order valence-electron chi connectivity index (χ0n) is 16.5. The van der Waals surface area contributed by atoms with Crippen LogP contribution in [0.4, 0.5) is 0 Å². The highest BCUT2D eigenvalue weighted by Crippen LogP contribution is 2.46. The number of hydrogen-bond acceptors (Lipinski definition) is 7. The molecule has 1 aliphatic heterocycles. The number of rotatable bonds is 7. The molecule has 2 aliphatic rings. The van der Waals surface area contributed by atoms with Gasteiger partial charge >= 0.3 is 5.97 Å². The topological polar surface area (TPSA) is 95.7 Å². The van der Waals surface area contributed by atoms with Crippen LogP contribution in [0.2, 0.25) is 5.02 Å². The molecule has 158 valence electrons. The van der Waals surface area contributed by atoms with E-state index in [1.807, 2.05) is 30.7 Å². The number of halogens is 1. The van der Waals surface area contributed by atoms with Crippen LogP contribution in [0.15, 0.2) is 17.0 Å². The van der Waals surface area contributed by atoms with Gasteiger partial charge in [0.2, 0.25) is 0 Å². The number of carbonyl (C=O) groups is 1. The summed E-state index contributed by atoms with van der Waals surface area (Å²) in [6, 6.07) is 3.76. The Morgan fingerprint density at radius 1 is 1.41 bits per heavy atom. The maximum atomic E-state index is 11.0. The average molecular weight is 442 g/mol. The second-order valence-electron chi connectivity index (χ2n) is 7.77. The third kappa shape index (κ3) is 4.11. The van der Waals surface area contributed by atoms with Gasteiger partial charge in [0.1, 0.15) is 24.3 Å². The molecular weight excluding hydrogens is 418 g/mol. The molecule has 4 rings (SSSR count). The van der Waals surface area contributed by atoms with Gasteiger partial charge in [-0.25, -0.2) is 9.48 Å². The molecule has 0 unspecified atom stereocenters. The van der Waals surface area contributed by atoms with Crippen LogP contribution in [0.5, 0.6) is 0 Å². The predicted octanol–water partition coefficient (Wildman–Crippen LogP) is 3.52. The Morgan fingerprint density at radius 2 is 2.17 bits per heavy atom. The molecule has 10 heteroatoms. The van der Waals surface area contributed by atoms with Gasteiger partial charge in [-0.1, -0.05) is 23.7 Å². The van der Waals surface area contributed by atoms with Gasteiger partial charge in [-0.3, -0.25) is 0 Å². The summed E-state index contributed by atoms with van der Waals surface area (Å²) < 4.78 is 19.6. The van der Waals surface area contributed by atoms with Crippen LogP contribution < -0.4 is 0 Å². The molecule has 2 heterocycles. The molecule has 1 saturated heterocycles. The van der Waals surface area contributed by atoms with Gasteiger partial charge in [-0.2, -0.15) is 0 Å². The van der Waals surface area contributed by atoms with E-state index in [1.165, 1.54) is 0 Å². The number of carboxylic acids is 1. The summed E-state index contributed by atoms with van der Waals surface area (Å²) in [4.78, 5) is 12.0. The summed E-state index contributed by atoms with van der Waals surface area (Å²) in [5.74, 6) is -0.804. The molecule has 1 N–H and O–H groups in total. The lowest BCUT2D eigenvalue weighted by Crippen LogP contribution is -2.32. The second kappa shape index (κ2) is 8.03. The van der Waals surface area contributed by atoms with Gasteiger partial charge in [0.15, 0.2) is 5.79 Å². The summed E-state index contributed by atoms with van der Waals surface area (Å²) in [7, 11) is 0. The first kappa shape index (κ1) is 20.9. The monoisotopic (exact) mass is 441 g/mol. The Labute approximate surface area is 177 Å². The molecule has 8 nitrogen and oxygen atoms in total. The van der Waals surface area contributed by atoms with E-state index in [-0.39, 0.29) is 24.9 Å². The first-order chi connectivity index (χ1) is 13.8. The van der Waals surface area contributed by atoms with Crippen molar-refractivity contribution in [2.24, 2.45) is 0 Å². The fourth-order valence-corrected chi connectivity index (χ4v) is 5.16. The fraction of sp³-hybridized carbons (Fsp3) is 0.632. The third-order valence-electron chi connectivity index (χ3n) is 5.10. The molecule has 4 atom stereocenters. The van der Waals surface area contributed by atoms with Crippen LogP contribution in [0.25, 0.3) is 11.0 Å². The number of thioether (sulfide) groups is 1. The van der Waals surface area contributed by atoms with Crippen molar-refractivity contribution in [3.05, 3.63) is 17.2 Å². The SMILES string of the molecule is CCCSc1cc(Cl)c2nnn([C@@H]3C[C@H](OCC(=O)O)[C@H]4OC(C)(C)O[C@H]43)c2c1. The molecule has 0 amide bonds. The van der Waals surface area contributed by atoms with Crippen molar-refractivity contribution < 1.29 is 24.1 Å². The molecule has 1 aromatic carbocycles. The number of ether oxygens (including phenoxy) is 3. The summed E-state index contributed by atoms with van der Waals surface area (Å²) in [6.45, 7) is 5.43. The van der Waals surface area contributed by atoms with Crippen molar-refractivity contribution >= 4 is 40.4 Å². The molecule has 2 fully saturated rings. The summed E-state index contributed by atoms with van der Waals surface area (Å²) in [5, 5.41) is 18.2. The Hall–Kier alpha value is -1.39. The van der Waals surface area contributed by atoms with E-state index in [0.29, 0.717) is 17.0 Å². The van der Waals surface area contributed by atoms with Crippen molar-refractivity contribution in [3.8, 4) is 0 Å². The highest BCUT2D eigenvalue weighted by molar-refractivity contribution is 7.99. The zero-order chi connectivity index (χ0) is 20.8. The van der Waals surface area contributed by atoms with Gasteiger partial charge in [-0.15, -0.1) is 16.9 Å². The van der Waals surface area contributed by atoms with Crippen molar-refractivity contribution in [1.29, 1.82) is 0 Å². The molecule has 0 radical (unpaired) electrons. The number of carboxylic acid groups (broad SMARTS) is 1. The van der Waals surface area contributed by atoms with Crippen LogP contribution in [0, 0.1) is 0 Å². The van der Waals surface area contributed by atoms with E-state index in [0.717, 1.165) is 22.6 Å². The average Bonchev–Trinajstić information content (AvgIpc) is 3.29. The quantitative estimate of drug-likeness (QED) is 0.652. The van der Waals surface area contributed by atoms with E-state index in [1.54, 1.807) is 11.8 Å². The number of nitrogens with zero attached hydrogens (tertiary/aromatic N) is 3. The lowest BCUT2D eigenvalue weighted by Gasteiger charge is -2.23. The van der Waals surface area contributed by atoms with Crippen LogP contribution in [-0.2, 0) is 19.0 Å². The number of benzene rings is 1. The minimum atomic E-state index is -1.02. The standard InChI is InChI=1S/C19H24ClN3O5S/c1-4-5-29-10-6-11(20)16-12(7-10)23(22-21-16)13-8-14(26-9-15(24)25)18-17(13)27-19(2,3)28-18/h6-7,13-14,17-18H,4-5,8-9H2,1-3H3,(H,24,25)/t13-,14+,17+,18-/m1/s1. The fourth-order valence-electron chi connectivity index (χ4n) is 4.01. The highest BCUT2D eigenvalue weighted by atomic mass is 35.5. The number of aromatic nitrogens is 3. The van der Waals surface area contributed by atoms with Crippen LogP contribution in [0.3, 0.4) is 0 Å². The molecule has 29 heavy (non-hydrogen) atoms. The van der Waals surface area contributed by atoms with Gasteiger partial charge in [0.05, 0.1) is 22.7 Å². The zero-order valence-corrected chi connectivity index (χ0v) is 18.1. The van der Waals surface area contributed by atoms with E-state index in [4.69, 9.17) is 30.9 Å². The van der Waals surface area contributed by atoms with Gasteiger partial charge in [-0.05, 0) is 38.2 Å². The minimum absolute atomic E-state index is 0.201. The maximum Gasteiger partial charge on any atom is 0.329 e. The summed E-state index contributed by atoms with van der Waals surface area (Å²) in [5.41, 5.74) is 1.46. The smallest absolute Gasteiger partial charge is 0.329 e. The minimum Gasteiger partial charge on any atom is -0.480 e. The van der Waals surface area contributed by atoms with Crippen molar-refractivity contribution in [2.75, 3.05) is 12.4 Å². The number of fused-ring (bicyclic) bond motifs is 2. The van der Waals surface area contributed by atoms with Crippen LogP contribution in [-0.4, -0.2) is 62.5 Å². The molecule has 1 aliphatic carbocycles. The summed E-state index contributed by atoms with van der Waals surface area (Å²) in [6.07, 6.45) is 0.477. The Morgan fingerprint density at radius 3 is 2.90 bits per heavy atom. The Kier molecular flexibility index (Phi) is 5.78. The van der Waals surface area contributed by atoms with Crippen LogP contribution >= 0.6 is 23.4 Å². The maximum absolute atomic E-state index is 11.0. The van der Waals surface area contributed by atoms with Crippen molar-refractivity contribution in [3.63, 3.8) is 0 Å². The predicted molar refractivity (Wildman–Crippen MR) is 108 cm³/mol. The molecule has 2 aromatic rings. The van der Waals surface area contributed by atoms with Crippen molar-refractivity contribution in [1.82, 2.24) is 15.0 Å². The highest BCUT2D eigenvalue weighted by Gasteiger charge is 2.56. The van der Waals surface area contributed by atoms with Gasteiger partial charge in [0, 0.05) is 11.3 Å². The van der Waals surface area contributed by atoms with Crippen molar-refractivity contribution in [2.45, 2.75) is 68.6 Å². The third-order valence-corrected chi connectivity index (χ3v) is 6.57. The summed E-state index contributed by atoms with van der Waals surface area (Å²) >= 11 is 8.19. The molecule has 0 spiro atoms. The first-order valence-electron chi connectivity index (χ1n) is 9.65. The van der Waals surface area contributed by atoms with E-state index in [2.05, 4.69) is 17.2 Å². The van der Waals surface area contributed by atoms with E-state index >= 15 is 0 Å². The second-order valence-corrected chi connectivity index (χ2v) is 9.34. The Balaban J connectivity index is 1.68. The Bertz CT molecular complexity index is 921.